The van der Waals surface area contributed by atoms with E-state index in [1.807, 2.05) is 0 Å². The van der Waals surface area contributed by atoms with E-state index in [1.54, 1.807) is 5.57 Å². The highest BCUT2D eigenvalue weighted by Gasteiger charge is 2.21. The van der Waals surface area contributed by atoms with Gasteiger partial charge in [-0.2, -0.15) is 0 Å². The maximum Gasteiger partial charge on any atom is -0.00487 e. The van der Waals surface area contributed by atoms with Crippen molar-refractivity contribution in [3.05, 3.63) is 23.8 Å². The van der Waals surface area contributed by atoms with Crippen molar-refractivity contribution < 1.29 is 0 Å². The molecular weight excluding hydrogens is 194 g/mol. The molecule has 1 saturated carbocycles. The molecule has 2 aliphatic rings. The summed E-state index contributed by atoms with van der Waals surface area (Å²) in [7, 11) is 0. The van der Waals surface area contributed by atoms with E-state index < -0.39 is 0 Å². The Hall–Kier alpha value is -0.270. The fourth-order valence-electron chi connectivity index (χ4n) is 2.50. The van der Waals surface area contributed by atoms with Crippen molar-refractivity contribution >= 4 is 12.4 Å². The van der Waals surface area contributed by atoms with Crippen LogP contribution in [0, 0.1) is 11.8 Å². The van der Waals surface area contributed by atoms with E-state index in [0.717, 1.165) is 18.4 Å². The van der Waals surface area contributed by atoms with Gasteiger partial charge in [-0.1, -0.05) is 23.8 Å². The lowest BCUT2D eigenvalue weighted by Gasteiger charge is -2.18. The van der Waals surface area contributed by atoms with Gasteiger partial charge in [0.15, 0.2) is 0 Å². The lowest BCUT2D eigenvalue weighted by atomic mass is 9.88. The Labute approximate surface area is 92.9 Å². The lowest BCUT2D eigenvalue weighted by Crippen LogP contribution is -2.13. The molecule has 0 spiro atoms. The SMILES string of the molecule is Cl.NCC1CCC2=CC=CCC2CC1. The van der Waals surface area contributed by atoms with Crippen LogP contribution < -0.4 is 5.73 Å². The summed E-state index contributed by atoms with van der Waals surface area (Å²) in [5, 5.41) is 0. The molecule has 2 unspecified atom stereocenters. The molecule has 2 atom stereocenters. The van der Waals surface area contributed by atoms with Crippen molar-refractivity contribution in [3.8, 4) is 0 Å². The van der Waals surface area contributed by atoms with E-state index in [-0.39, 0.29) is 12.4 Å². The highest BCUT2D eigenvalue weighted by Crippen LogP contribution is 2.34. The molecular formula is C12H20ClN. The summed E-state index contributed by atoms with van der Waals surface area (Å²) in [6.45, 7) is 0.882. The van der Waals surface area contributed by atoms with Crippen LogP contribution in [0.25, 0.3) is 0 Å². The molecule has 1 nitrogen and oxygen atoms in total. The topological polar surface area (TPSA) is 26.0 Å². The molecule has 0 aromatic carbocycles. The summed E-state index contributed by atoms with van der Waals surface area (Å²) >= 11 is 0. The standard InChI is InChI=1S/C12H19N.ClH/c13-9-10-5-7-11-3-1-2-4-12(11)8-6-10;/h1-3,10,12H,4-9,13H2;1H. The zero-order valence-corrected chi connectivity index (χ0v) is 9.43. The second-order valence-corrected chi connectivity index (χ2v) is 4.32. The highest BCUT2D eigenvalue weighted by atomic mass is 35.5. The number of rotatable bonds is 1. The van der Waals surface area contributed by atoms with Gasteiger partial charge in [0.2, 0.25) is 0 Å². The Morgan fingerprint density at radius 1 is 1.29 bits per heavy atom. The smallest absolute Gasteiger partial charge is 0.00487 e. The van der Waals surface area contributed by atoms with Crippen molar-refractivity contribution in [2.45, 2.75) is 32.1 Å². The molecule has 2 N–H and O–H groups in total. The predicted octanol–water partition coefficient (Wildman–Crippen LogP) is 3.06. The summed E-state index contributed by atoms with van der Waals surface area (Å²) in [5.41, 5.74) is 7.41. The van der Waals surface area contributed by atoms with Crippen LogP contribution in [0.2, 0.25) is 0 Å². The van der Waals surface area contributed by atoms with Gasteiger partial charge < -0.3 is 5.73 Å². The first-order valence-electron chi connectivity index (χ1n) is 5.46. The van der Waals surface area contributed by atoms with Crippen LogP contribution in [0.15, 0.2) is 23.8 Å². The van der Waals surface area contributed by atoms with Crippen LogP contribution in [0.5, 0.6) is 0 Å². The third-order valence-corrected chi connectivity index (χ3v) is 3.49. The van der Waals surface area contributed by atoms with Gasteiger partial charge in [-0.05, 0) is 50.5 Å². The fourth-order valence-corrected chi connectivity index (χ4v) is 2.50. The minimum Gasteiger partial charge on any atom is -0.330 e. The van der Waals surface area contributed by atoms with Crippen LogP contribution in [0.1, 0.15) is 32.1 Å². The number of fused-ring (bicyclic) bond motifs is 1. The molecule has 0 amide bonds. The molecule has 0 saturated heterocycles. The molecule has 2 rings (SSSR count). The zero-order valence-electron chi connectivity index (χ0n) is 8.61. The van der Waals surface area contributed by atoms with E-state index in [2.05, 4.69) is 18.2 Å². The molecule has 1 fully saturated rings. The van der Waals surface area contributed by atoms with Crippen LogP contribution in [0.3, 0.4) is 0 Å². The number of allylic oxidation sites excluding steroid dienone is 4. The monoisotopic (exact) mass is 213 g/mol. The van der Waals surface area contributed by atoms with Gasteiger partial charge in [0.25, 0.3) is 0 Å². The van der Waals surface area contributed by atoms with Gasteiger partial charge >= 0.3 is 0 Å². The largest absolute Gasteiger partial charge is 0.330 e. The Morgan fingerprint density at radius 2 is 2.14 bits per heavy atom. The third-order valence-electron chi connectivity index (χ3n) is 3.49. The maximum atomic E-state index is 5.73. The average Bonchev–Trinajstić information content (AvgIpc) is 2.39. The van der Waals surface area contributed by atoms with Gasteiger partial charge in [0, 0.05) is 0 Å². The van der Waals surface area contributed by atoms with Gasteiger partial charge in [-0.3, -0.25) is 0 Å². The molecule has 2 heteroatoms. The average molecular weight is 214 g/mol. The van der Waals surface area contributed by atoms with Crippen molar-refractivity contribution in [1.82, 2.24) is 0 Å². The molecule has 14 heavy (non-hydrogen) atoms. The number of nitrogens with two attached hydrogens (primary N) is 1. The molecule has 2 aliphatic carbocycles. The molecule has 0 aliphatic heterocycles. The zero-order chi connectivity index (χ0) is 9.10. The van der Waals surface area contributed by atoms with Crippen molar-refractivity contribution in [3.63, 3.8) is 0 Å². The Balaban J connectivity index is 0.000000980. The van der Waals surface area contributed by atoms with Gasteiger partial charge in [-0.15, -0.1) is 12.4 Å². The summed E-state index contributed by atoms with van der Waals surface area (Å²) in [4.78, 5) is 0. The van der Waals surface area contributed by atoms with Gasteiger partial charge in [0.1, 0.15) is 0 Å². The molecule has 80 valence electrons. The normalized spacial score (nSPS) is 31.1. The number of hydrogen-bond acceptors (Lipinski definition) is 1. The predicted molar refractivity (Wildman–Crippen MR) is 63.6 cm³/mol. The maximum absolute atomic E-state index is 5.73. The van der Waals surface area contributed by atoms with Gasteiger partial charge in [-0.25, -0.2) is 0 Å². The second-order valence-electron chi connectivity index (χ2n) is 4.32. The molecule has 0 bridgehead atoms. The molecule has 0 heterocycles. The third kappa shape index (κ3) is 2.61. The van der Waals surface area contributed by atoms with Crippen LogP contribution >= 0.6 is 12.4 Å². The summed E-state index contributed by atoms with van der Waals surface area (Å²) < 4.78 is 0. The van der Waals surface area contributed by atoms with E-state index in [4.69, 9.17) is 5.73 Å². The molecule has 0 aromatic heterocycles. The van der Waals surface area contributed by atoms with E-state index in [1.165, 1.54) is 32.1 Å². The summed E-state index contributed by atoms with van der Waals surface area (Å²) in [6.07, 6.45) is 13.4. The minimum absolute atomic E-state index is 0. The van der Waals surface area contributed by atoms with Crippen molar-refractivity contribution in [2.24, 2.45) is 17.6 Å². The van der Waals surface area contributed by atoms with Crippen LogP contribution in [-0.2, 0) is 0 Å². The van der Waals surface area contributed by atoms with E-state index in [9.17, 15) is 0 Å². The number of halogens is 1. The lowest BCUT2D eigenvalue weighted by molar-refractivity contribution is 0.450. The quantitative estimate of drug-likeness (QED) is 0.712. The highest BCUT2D eigenvalue weighted by molar-refractivity contribution is 5.85. The van der Waals surface area contributed by atoms with E-state index in [0.29, 0.717) is 0 Å². The second kappa shape index (κ2) is 5.57. The fraction of sp³-hybridized carbons (Fsp3) is 0.667. The first-order valence-corrected chi connectivity index (χ1v) is 5.46. The first kappa shape index (κ1) is 11.8. The Bertz CT molecular complexity index is 232. The van der Waals surface area contributed by atoms with E-state index >= 15 is 0 Å². The molecule has 0 radical (unpaired) electrons. The Morgan fingerprint density at radius 3 is 2.93 bits per heavy atom. The van der Waals surface area contributed by atoms with Gasteiger partial charge in [0.05, 0.1) is 0 Å². The molecule has 0 aromatic rings. The summed E-state index contributed by atoms with van der Waals surface area (Å²) in [6, 6.07) is 0. The number of hydrogen-bond donors (Lipinski definition) is 1. The first-order chi connectivity index (χ1) is 6.40. The van der Waals surface area contributed by atoms with Crippen LogP contribution in [-0.4, -0.2) is 6.54 Å². The van der Waals surface area contributed by atoms with Crippen molar-refractivity contribution in [2.75, 3.05) is 6.54 Å². The Kier molecular flexibility index (Phi) is 4.70. The summed E-state index contributed by atoms with van der Waals surface area (Å²) in [5.74, 6) is 1.63. The van der Waals surface area contributed by atoms with Crippen LogP contribution in [0.4, 0.5) is 0 Å². The minimum atomic E-state index is 0. The van der Waals surface area contributed by atoms with Crippen molar-refractivity contribution in [1.29, 1.82) is 0 Å².